The zero-order valence-electron chi connectivity index (χ0n) is 15.4. The number of amides is 1. The number of aromatic hydroxyl groups is 1. The van der Waals surface area contributed by atoms with Gasteiger partial charge in [-0.2, -0.15) is 5.26 Å². The van der Waals surface area contributed by atoms with Gasteiger partial charge >= 0.3 is 5.97 Å². The quantitative estimate of drug-likeness (QED) is 0.278. The summed E-state index contributed by atoms with van der Waals surface area (Å²) >= 11 is 0. The lowest BCUT2D eigenvalue weighted by Gasteiger charge is -2.10. The molecule has 0 radical (unpaired) electrons. The number of esters is 1. The van der Waals surface area contributed by atoms with E-state index in [2.05, 4.69) is 10.6 Å². The van der Waals surface area contributed by atoms with Crippen molar-refractivity contribution >= 4 is 23.3 Å². The number of nitrogens with zero attached hydrogens (tertiary/aromatic N) is 1. The van der Waals surface area contributed by atoms with E-state index in [1.807, 2.05) is 6.92 Å². The number of rotatable bonds is 8. The molecule has 0 heterocycles. The predicted octanol–water partition coefficient (Wildman–Crippen LogP) is 3.81. The summed E-state index contributed by atoms with van der Waals surface area (Å²) in [6, 6.07) is 14.5. The molecular formula is C21H21N3O4. The highest BCUT2D eigenvalue weighted by atomic mass is 16.5. The van der Waals surface area contributed by atoms with Crippen LogP contribution in [0.1, 0.15) is 30.1 Å². The second-order valence-electron chi connectivity index (χ2n) is 5.85. The molecule has 0 saturated heterocycles. The fourth-order valence-corrected chi connectivity index (χ4v) is 2.25. The van der Waals surface area contributed by atoms with Crippen LogP contribution >= 0.6 is 0 Å². The summed E-state index contributed by atoms with van der Waals surface area (Å²) in [5.41, 5.74) is 0.881. The minimum absolute atomic E-state index is 0.00562. The molecule has 3 N–H and O–H groups in total. The molecule has 2 aromatic rings. The van der Waals surface area contributed by atoms with Crippen molar-refractivity contribution in [1.82, 2.24) is 0 Å². The van der Waals surface area contributed by atoms with Crippen LogP contribution < -0.4 is 10.6 Å². The number of phenolic OH excluding ortho intramolecular Hbond substituents is 1. The fraction of sp³-hybridized carbons (Fsp3) is 0.190. The zero-order chi connectivity index (χ0) is 20.4. The number of unbranched alkanes of at least 4 members (excludes halogenated alkanes) is 1. The van der Waals surface area contributed by atoms with Crippen LogP contribution in [0.25, 0.3) is 0 Å². The van der Waals surface area contributed by atoms with Gasteiger partial charge in [-0.25, -0.2) is 4.79 Å². The lowest BCUT2D eigenvalue weighted by Crippen LogP contribution is -2.15. The third-order valence-electron chi connectivity index (χ3n) is 3.72. The number of carbonyl (C=O) groups excluding carboxylic acids is 2. The number of anilines is 2. The van der Waals surface area contributed by atoms with Gasteiger partial charge < -0.3 is 20.5 Å². The van der Waals surface area contributed by atoms with Gasteiger partial charge in [0.25, 0.3) is 5.91 Å². The second-order valence-corrected chi connectivity index (χ2v) is 5.85. The molecule has 0 saturated carbocycles. The molecule has 2 rings (SSSR count). The SMILES string of the molecule is CCCCOC(=O)c1ccccc1N/C=C(/C#N)C(=O)Nc1cccc(O)c1. The van der Waals surface area contributed by atoms with E-state index in [9.17, 15) is 20.0 Å². The summed E-state index contributed by atoms with van der Waals surface area (Å²) in [4.78, 5) is 24.5. The van der Waals surface area contributed by atoms with Gasteiger partial charge in [-0.1, -0.05) is 31.5 Å². The molecule has 0 aliphatic heterocycles. The largest absolute Gasteiger partial charge is 0.508 e. The van der Waals surface area contributed by atoms with Crippen LogP contribution in [0.15, 0.2) is 60.3 Å². The second kappa shape index (κ2) is 10.4. The lowest BCUT2D eigenvalue weighted by atomic mass is 10.1. The third kappa shape index (κ3) is 5.88. The molecule has 1 amide bonds. The Kier molecular flexibility index (Phi) is 7.61. The summed E-state index contributed by atoms with van der Waals surface area (Å²) in [5, 5.41) is 24.1. The minimum Gasteiger partial charge on any atom is -0.508 e. The molecule has 0 atom stereocenters. The Morgan fingerprint density at radius 1 is 1.21 bits per heavy atom. The van der Waals surface area contributed by atoms with E-state index in [1.54, 1.807) is 42.5 Å². The van der Waals surface area contributed by atoms with E-state index < -0.39 is 11.9 Å². The molecule has 0 fully saturated rings. The normalized spacial score (nSPS) is 10.6. The first kappa shape index (κ1) is 20.5. The molecule has 0 bridgehead atoms. The van der Waals surface area contributed by atoms with Gasteiger partial charge in [0.05, 0.1) is 17.9 Å². The first-order valence-electron chi connectivity index (χ1n) is 8.78. The maximum absolute atomic E-state index is 12.3. The Bertz CT molecular complexity index is 916. The zero-order valence-corrected chi connectivity index (χ0v) is 15.4. The number of nitriles is 1. The number of hydrogen-bond donors (Lipinski definition) is 3. The summed E-state index contributed by atoms with van der Waals surface area (Å²) in [7, 11) is 0. The molecule has 144 valence electrons. The Hall–Kier alpha value is -3.79. The molecule has 7 heteroatoms. The Labute approximate surface area is 163 Å². The van der Waals surface area contributed by atoms with E-state index in [1.165, 1.54) is 18.3 Å². The lowest BCUT2D eigenvalue weighted by molar-refractivity contribution is -0.112. The maximum atomic E-state index is 12.3. The van der Waals surface area contributed by atoms with E-state index in [4.69, 9.17) is 4.74 Å². The molecule has 0 aliphatic carbocycles. The van der Waals surface area contributed by atoms with Crippen LogP contribution in [0.4, 0.5) is 11.4 Å². The van der Waals surface area contributed by atoms with Crippen molar-refractivity contribution in [3.05, 3.63) is 65.9 Å². The minimum atomic E-state index is -0.649. The number of carbonyl (C=O) groups is 2. The monoisotopic (exact) mass is 379 g/mol. The summed E-state index contributed by atoms with van der Waals surface area (Å²) in [6.07, 6.45) is 2.90. The molecule has 7 nitrogen and oxygen atoms in total. The van der Waals surface area contributed by atoms with Crippen molar-refractivity contribution in [3.8, 4) is 11.8 Å². The average Bonchev–Trinajstić information content (AvgIpc) is 2.69. The van der Waals surface area contributed by atoms with Gasteiger partial charge in [0, 0.05) is 18.0 Å². The summed E-state index contributed by atoms with van der Waals surface area (Å²) < 4.78 is 5.21. The van der Waals surface area contributed by atoms with Crippen LogP contribution in [0.5, 0.6) is 5.75 Å². The van der Waals surface area contributed by atoms with E-state index in [-0.39, 0.29) is 11.3 Å². The van der Waals surface area contributed by atoms with Crippen molar-refractivity contribution in [3.63, 3.8) is 0 Å². The molecule has 0 aliphatic rings. The first-order valence-corrected chi connectivity index (χ1v) is 8.78. The Balaban J connectivity index is 2.11. The van der Waals surface area contributed by atoms with Gasteiger partial charge in [-0.05, 0) is 30.7 Å². The number of para-hydroxylation sites is 1. The van der Waals surface area contributed by atoms with Crippen LogP contribution in [0.2, 0.25) is 0 Å². The molecule has 28 heavy (non-hydrogen) atoms. The highest BCUT2D eigenvalue weighted by Crippen LogP contribution is 2.18. The number of nitrogens with one attached hydrogen (secondary N) is 2. The van der Waals surface area contributed by atoms with Crippen molar-refractivity contribution in [1.29, 1.82) is 5.26 Å². The highest BCUT2D eigenvalue weighted by molar-refractivity contribution is 6.07. The third-order valence-corrected chi connectivity index (χ3v) is 3.72. The molecular weight excluding hydrogens is 358 g/mol. The number of ether oxygens (including phenoxy) is 1. The number of phenols is 1. The van der Waals surface area contributed by atoms with E-state index in [0.717, 1.165) is 12.8 Å². The Morgan fingerprint density at radius 2 is 2.00 bits per heavy atom. The first-order chi connectivity index (χ1) is 13.5. The van der Waals surface area contributed by atoms with Gasteiger partial charge in [-0.15, -0.1) is 0 Å². The van der Waals surface area contributed by atoms with Crippen molar-refractivity contribution in [2.24, 2.45) is 0 Å². The van der Waals surface area contributed by atoms with Crippen LogP contribution in [0.3, 0.4) is 0 Å². The summed E-state index contributed by atoms with van der Waals surface area (Å²) in [6.45, 7) is 2.33. The van der Waals surface area contributed by atoms with Crippen LogP contribution in [-0.4, -0.2) is 23.6 Å². The van der Waals surface area contributed by atoms with Gasteiger partial charge in [-0.3, -0.25) is 4.79 Å². The van der Waals surface area contributed by atoms with Crippen LogP contribution in [-0.2, 0) is 9.53 Å². The highest BCUT2D eigenvalue weighted by Gasteiger charge is 2.13. The Morgan fingerprint density at radius 3 is 2.71 bits per heavy atom. The predicted molar refractivity (Wildman–Crippen MR) is 106 cm³/mol. The van der Waals surface area contributed by atoms with Crippen LogP contribution in [0, 0.1) is 11.3 Å². The topological polar surface area (TPSA) is 111 Å². The van der Waals surface area contributed by atoms with Crippen molar-refractivity contribution in [2.45, 2.75) is 19.8 Å². The molecule has 0 aromatic heterocycles. The maximum Gasteiger partial charge on any atom is 0.340 e. The standard InChI is InChI=1S/C21H21N3O4/c1-2-3-11-28-21(27)18-9-4-5-10-19(18)23-14-15(13-22)20(26)24-16-7-6-8-17(25)12-16/h4-10,12,14,23,25H,2-3,11H2,1H3,(H,24,26)/b15-14-. The van der Waals surface area contributed by atoms with Gasteiger partial charge in [0.2, 0.25) is 0 Å². The fourth-order valence-electron chi connectivity index (χ4n) is 2.25. The molecule has 0 spiro atoms. The molecule has 2 aromatic carbocycles. The number of hydrogen-bond acceptors (Lipinski definition) is 6. The summed E-state index contributed by atoms with van der Waals surface area (Å²) in [5.74, 6) is -1.13. The molecule has 0 unspecified atom stereocenters. The van der Waals surface area contributed by atoms with E-state index in [0.29, 0.717) is 23.5 Å². The van der Waals surface area contributed by atoms with Crippen molar-refractivity contribution in [2.75, 3.05) is 17.2 Å². The number of benzene rings is 2. The van der Waals surface area contributed by atoms with E-state index >= 15 is 0 Å². The average molecular weight is 379 g/mol. The van der Waals surface area contributed by atoms with Gasteiger partial charge in [0.15, 0.2) is 0 Å². The van der Waals surface area contributed by atoms with Crippen molar-refractivity contribution < 1.29 is 19.4 Å². The van der Waals surface area contributed by atoms with Gasteiger partial charge in [0.1, 0.15) is 17.4 Å². The smallest absolute Gasteiger partial charge is 0.340 e.